The van der Waals surface area contributed by atoms with Crippen LogP contribution in [0.1, 0.15) is 26.7 Å². The molecule has 132 valence electrons. The van der Waals surface area contributed by atoms with Crippen LogP contribution in [-0.4, -0.2) is 49.7 Å². The van der Waals surface area contributed by atoms with Gasteiger partial charge < -0.3 is 10.6 Å². The molecule has 0 aliphatic carbocycles. The van der Waals surface area contributed by atoms with Crippen LogP contribution in [0.15, 0.2) is 35.2 Å². The molecule has 7 nitrogen and oxygen atoms in total. The van der Waals surface area contributed by atoms with Crippen molar-refractivity contribution in [1.82, 2.24) is 14.9 Å². The fraction of sp³-hybridized carbons (Fsp3) is 0.500. The Bertz CT molecular complexity index is 689. The molecule has 2 N–H and O–H groups in total. The Kier molecular flexibility index (Phi) is 5.95. The molecule has 0 bridgehead atoms. The molecule has 0 aromatic heterocycles. The molecule has 1 aromatic rings. The average Bonchev–Trinajstić information content (AvgIpc) is 3.03. The molecule has 8 heteroatoms. The molecule has 1 aromatic carbocycles. The third-order valence-electron chi connectivity index (χ3n) is 3.73. The molecule has 0 radical (unpaired) electrons. The Balaban J connectivity index is 2.05. The largest absolute Gasteiger partial charge is 0.352 e. The van der Waals surface area contributed by atoms with Crippen molar-refractivity contribution in [3.8, 4) is 0 Å². The Labute approximate surface area is 142 Å². The van der Waals surface area contributed by atoms with E-state index in [-0.39, 0.29) is 23.4 Å². The van der Waals surface area contributed by atoms with Gasteiger partial charge in [0, 0.05) is 12.6 Å². The minimum atomic E-state index is -3.72. The predicted molar refractivity (Wildman–Crippen MR) is 89.6 cm³/mol. The lowest BCUT2D eigenvalue weighted by molar-refractivity contribution is -0.128. The molecule has 0 unspecified atom stereocenters. The summed E-state index contributed by atoms with van der Waals surface area (Å²) in [4.78, 5) is 24.1. The van der Waals surface area contributed by atoms with Gasteiger partial charge in [-0.25, -0.2) is 8.42 Å². The van der Waals surface area contributed by atoms with E-state index >= 15 is 0 Å². The smallest absolute Gasteiger partial charge is 0.243 e. The number of hydrogen-bond acceptors (Lipinski definition) is 4. The zero-order valence-electron chi connectivity index (χ0n) is 13.9. The van der Waals surface area contributed by atoms with Crippen LogP contribution in [0.4, 0.5) is 0 Å². The van der Waals surface area contributed by atoms with Crippen molar-refractivity contribution in [2.24, 2.45) is 0 Å². The topological polar surface area (TPSA) is 95.6 Å². The van der Waals surface area contributed by atoms with Gasteiger partial charge in [0.25, 0.3) is 0 Å². The molecule has 1 saturated heterocycles. The summed E-state index contributed by atoms with van der Waals surface area (Å²) in [5.41, 5.74) is 0. The molecule has 1 aliphatic heterocycles. The van der Waals surface area contributed by atoms with Crippen LogP contribution in [0, 0.1) is 0 Å². The summed E-state index contributed by atoms with van der Waals surface area (Å²) >= 11 is 0. The van der Waals surface area contributed by atoms with E-state index in [4.69, 9.17) is 0 Å². The second kappa shape index (κ2) is 7.76. The number of carbonyl (C=O) groups excluding carboxylic acids is 2. The van der Waals surface area contributed by atoms with Crippen molar-refractivity contribution in [3.05, 3.63) is 30.3 Å². The highest BCUT2D eigenvalue weighted by Crippen LogP contribution is 2.25. The zero-order valence-corrected chi connectivity index (χ0v) is 14.7. The fourth-order valence-electron chi connectivity index (χ4n) is 2.68. The second-order valence-corrected chi connectivity index (χ2v) is 7.92. The van der Waals surface area contributed by atoms with Gasteiger partial charge in [-0.1, -0.05) is 18.2 Å². The molecule has 0 saturated carbocycles. The second-order valence-electron chi connectivity index (χ2n) is 6.03. The van der Waals surface area contributed by atoms with Crippen molar-refractivity contribution in [2.75, 3.05) is 13.1 Å². The number of hydrogen-bond donors (Lipinski definition) is 2. The molecule has 24 heavy (non-hydrogen) atoms. The summed E-state index contributed by atoms with van der Waals surface area (Å²) in [7, 11) is -3.72. The number of sulfonamides is 1. The van der Waals surface area contributed by atoms with Gasteiger partial charge in [0.15, 0.2) is 0 Å². The first-order valence-corrected chi connectivity index (χ1v) is 9.40. The predicted octanol–water partition coefficient (Wildman–Crippen LogP) is 0.481. The number of nitrogens with one attached hydrogen (secondary N) is 2. The number of nitrogens with zero attached hydrogens (tertiary/aromatic N) is 1. The molecule has 2 amide bonds. The van der Waals surface area contributed by atoms with E-state index in [0.29, 0.717) is 19.4 Å². The summed E-state index contributed by atoms with van der Waals surface area (Å²) in [6, 6.07) is 7.26. The van der Waals surface area contributed by atoms with E-state index in [9.17, 15) is 18.0 Å². The average molecular weight is 353 g/mol. The summed E-state index contributed by atoms with van der Waals surface area (Å²) in [6.07, 6.45) is 1.06. The highest BCUT2D eigenvalue weighted by atomic mass is 32.2. The van der Waals surface area contributed by atoms with Crippen LogP contribution < -0.4 is 10.6 Å². The lowest BCUT2D eigenvalue weighted by atomic mass is 10.2. The fourth-order valence-corrected chi connectivity index (χ4v) is 4.35. The van der Waals surface area contributed by atoms with Crippen LogP contribution in [0.5, 0.6) is 0 Å². The van der Waals surface area contributed by atoms with E-state index in [1.54, 1.807) is 18.2 Å². The summed E-state index contributed by atoms with van der Waals surface area (Å²) in [5, 5.41) is 5.20. The number of amides is 2. The highest BCUT2D eigenvalue weighted by Gasteiger charge is 2.39. The van der Waals surface area contributed by atoms with Crippen molar-refractivity contribution in [3.63, 3.8) is 0 Å². The van der Waals surface area contributed by atoms with Gasteiger partial charge >= 0.3 is 0 Å². The van der Waals surface area contributed by atoms with Crippen molar-refractivity contribution in [2.45, 2.75) is 43.7 Å². The van der Waals surface area contributed by atoms with Crippen LogP contribution in [0.25, 0.3) is 0 Å². The van der Waals surface area contributed by atoms with Gasteiger partial charge in [-0.15, -0.1) is 0 Å². The van der Waals surface area contributed by atoms with Gasteiger partial charge in [-0.2, -0.15) is 4.31 Å². The lowest BCUT2D eigenvalue weighted by Gasteiger charge is -2.23. The summed E-state index contributed by atoms with van der Waals surface area (Å²) < 4.78 is 26.6. The molecular weight excluding hydrogens is 330 g/mol. The number of benzene rings is 1. The lowest BCUT2D eigenvalue weighted by Crippen LogP contribution is -2.48. The van der Waals surface area contributed by atoms with Gasteiger partial charge in [0.2, 0.25) is 21.8 Å². The zero-order chi connectivity index (χ0) is 17.7. The molecule has 1 heterocycles. The third kappa shape index (κ3) is 4.33. The Morgan fingerprint density at radius 1 is 1.25 bits per heavy atom. The van der Waals surface area contributed by atoms with Gasteiger partial charge in [-0.3, -0.25) is 9.59 Å². The third-order valence-corrected chi connectivity index (χ3v) is 5.65. The maximum atomic E-state index is 12.7. The van der Waals surface area contributed by atoms with Crippen molar-refractivity contribution < 1.29 is 18.0 Å². The monoisotopic (exact) mass is 353 g/mol. The maximum absolute atomic E-state index is 12.7. The van der Waals surface area contributed by atoms with Gasteiger partial charge in [0.05, 0.1) is 11.4 Å². The SMILES string of the molecule is CC(C)NC(=O)CNC(=O)[C@@H]1CCCN1S(=O)(=O)c1ccccc1. The van der Waals surface area contributed by atoms with Crippen LogP contribution in [0.2, 0.25) is 0 Å². The van der Waals surface area contributed by atoms with E-state index in [2.05, 4.69) is 10.6 Å². The number of rotatable bonds is 6. The first-order chi connectivity index (χ1) is 11.3. The Hall–Kier alpha value is -1.93. The minimum absolute atomic E-state index is 0.0177. The molecule has 1 atom stereocenters. The standard InChI is InChI=1S/C16H23N3O4S/c1-12(2)18-15(20)11-17-16(21)14-9-6-10-19(14)24(22,23)13-7-4-3-5-8-13/h3-5,7-8,12,14H,6,9-11H2,1-2H3,(H,17,21)(H,18,20)/t14-/m0/s1. The van der Waals surface area contributed by atoms with Crippen molar-refractivity contribution in [1.29, 1.82) is 0 Å². The highest BCUT2D eigenvalue weighted by molar-refractivity contribution is 7.89. The Morgan fingerprint density at radius 2 is 1.92 bits per heavy atom. The van der Waals surface area contributed by atoms with Gasteiger partial charge in [0.1, 0.15) is 6.04 Å². The maximum Gasteiger partial charge on any atom is 0.243 e. The van der Waals surface area contributed by atoms with Gasteiger partial charge in [-0.05, 0) is 38.8 Å². The first-order valence-electron chi connectivity index (χ1n) is 7.96. The molecule has 2 rings (SSSR count). The summed E-state index contributed by atoms with van der Waals surface area (Å²) in [6.45, 7) is 3.79. The van der Waals surface area contributed by atoms with Crippen LogP contribution >= 0.6 is 0 Å². The van der Waals surface area contributed by atoms with E-state index in [1.807, 2.05) is 13.8 Å². The van der Waals surface area contributed by atoms with E-state index < -0.39 is 22.0 Å². The van der Waals surface area contributed by atoms with E-state index in [1.165, 1.54) is 16.4 Å². The van der Waals surface area contributed by atoms with Crippen LogP contribution in [-0.2, 0) is 19.6 Å². The first kappa shape index (κ1) is 18.4. The minimum Gasteiger partial charge on any atom is -0.352 e. The molecule has 1 fully saturated rings. The summed E-state index contributed by atoms with van der Waals surface area (Å²) in [5.74, 6) is -0.736. The van der Waals surface area contributed by atoms with Crippen molar-refractivity contribution >= 4 is 21.8 Å². The van der Waals surface area contributed by atoms with E-state index in [0.717, 1.165) is 0 Å². The molecule has 0 spiro atoms. The number of carbonyl (C=O) groups is 2. The normalized spacial score (nSPS) is 18.5. The molecule has 1 aliphatic rings. The Morgan fingerprint density at radius 3 is 2.54 bits per heavy atom. The molecular formula is C16H23N3O4S. The van der Waals surface area contributed by atoms with Crippen LogP contribution in [0.3, 0.4) is 0 Å². The quantitative estimate of drug-likeness (QED) is 0.778.